The number of pyridine rings is 1. The van der Waals surface area contributed by atoms with Crippen LogP contribution in [0, 0.1) is 11.6 Å². The van der Waals surface area contributed by atoms with E-state index in [1.54, 1.807) is 0 Å². The summed E-state index contributed by atoms with van der Waals surface area (Å²) in [6.45, 7) is 3.13. The Labute approximate surface area is 124 Å². The Kier molecular flexibility index (Phi) is 5.03. The molecule has 0 radical (unpaired) electrons. The molecule has 20 heavy (non-hydrogen) atoms. The van der Waals surface area contributed by atoms with Crippen LogP contribution in [-0.4, -0.2) is 11.5 Å². The van der Waals surface area contributed by atoms with Gasteiger partial charge in [0, 0.05) is 12.1 Å². The molecule has 0 fully saturated rings. The van der Waals surface area contributed by atoms with Crippen LogP contribution >= 0.6 is 15.9 Å². The predicted octanol–water partition coefficient (Wildman–Crippen LogP) is 4.02. The van der Waals surface area contributed by atoms with Crippen molar-refractivity contribution in [2.75, 3.05) is 6.54 Å². The molecule has 2 rings (SSSR count). The van der Waals surface area contributed by atoms with Gasteiger partial charge in [-0.05, 0) is 46.7 Å². The van der Waals surface area contributed by atoms with E-state index >= 15 is 0 Å². The number of ether oxygens (including phenoxy) is 1. The maximum Gasteiger partial charge on any atom is 0.223 e. The van der Waals surface area contributed by atoms with Crippen molar-refractivity contribution in [3.05, 3.63) is 52.1 Å². The fraction of sp³-hybridized carbons (Fsp3) is 0.214. The summed E-state index contributed by atoms with van der Waals surface area (Å²) in [6, 6.07) is 5.43. The lowest BCUT2D eigenvalue weighted by Crippen LogP contribution is -2.13. The van der Waals surface area contributed by atoms with Crippen LogP contribution < -0.4 is 10.1 Å². The summed E-state index contributed by atoms with van der Waals surface area (Å²) in [4.78, 5) is 3.94. The SMILES string of the molecule is CCNCc1cc(F)cnc1Oc1ccc(F)cc1Br. The number of halogens is 3. The predicted molar refractivity (Wildman–Crippen MR) is 75.7 cm³/mol. The van der Waals surface area contributed by atoms with Gasteiger partial charge in [-0.15, -0.1) is 0 Å². The summed E-state index contributed by atoms with van der Waals surface area (Å²) in [7, 11) is 0. The molecule has 2 aromatic rings. The summed E-state index contributed by atoms with van der Waals surface area (Å²) < 4.78 is 32.4. The Hall–Kier alpha value is -1.53. The highest BCUT2D eigenvalue weighted by Gasteiger charge is 2.10. The third-order valence-corrected chi connectivity index (χ3v) is 3.18. The van der Waals surface area contributed by atoms with Gasteiger partial charge < -0.3 is 10.1 Å². The molecule has 3 nitrogen and oxygen atoms in total. The van der Waals surface area contributed by atoms with Crippen LogP contribution in [0.3, 0.4) is 0 Å². The van der Waals surface area contributed by atoms with Gasteiger partial charge in [0.2, 0.25) is 5.88 Å². The Bertz CT molecular complexity index is 608. The molecule has 6 heteroatoms. The van der Waals surface area contributed by atoms with Gasteiger partial charge in [0.15, 0.2) is 0 Å². The highest BCUT2D eigenvalue weighted by molar-refractivity contribution is 9.10. The van der Waals surface area contributed by atoms with Crippen LogP contribution in [0.2, 0.25) is 0 Å². The Morgan fingerprint density at radius 1 is 1.25 bits per heavy atom. The minimum absolute atomic E-state index is 0.291. The first kappa shape index (κ1) is 14.9. The first-order valence-corrected chi connectivity index (χ1v) is 6.87. The van der Waals surface area contributed by atoms with Gasteiger partial charge in [0.1, 0.15) is 17.4 Å². The van der Waals surface area contributed by atoms with E-state index in [4.69, 9.17) is 4.74 Å². The molecule has 0 saturated heterocycles. The standard InChI is InChI=1S/C14H13BrF2N2O/c1-2-18-7-9-5-11(17)8-19-14(9)20-13-4-3-10(16)6-12(13)15/h3-6,8,18H,2,7H2,1H3. The number of rotatable bonds is 5. The van der Waals surface area contributed by atoms with Crippen molar-refractivity contribution >= 4 is 15.9 Å². The fourth-order valence-corrected chi connectivity index (χ4v) is 2.04. The van der Waals surface area contributed by atoms with E-state index in [1.165, 1.54) is 24.3 Å². The largest absolute Gasteiger partial charge is 0.438 e. The van der Waals surface area contributed by atoms with Crippen LogP contribution in [0.25, 0.3) is 0 Å². The summed E-state index contributed by atoms with van der Waals surface area (Å²) >= 11 is 3.21. The highest BCUT2D eigenvalue weighted by Crippen LogP contribution is 2.31. The number of aromatic nitrogens is 1. The van der Waals surface area contributed by atoms with E-state index in [0.717, 1.165) is 12.7 Å². The number of nitrogens with one attached hydrogen (secondary N) is 1. The zero-order valence-corrected chi connectivity index (χ0v) is 12.4. The normalized spacial score (nSPS) is 10.6. The topological polar surface area (TPSA) is 34.2 Å². The molecule has 0 unspecified atom stereocenters. The van der Waals surface area contributed by atoms with Crippen molar-refractivity contribution in [3.8, 4) is 11.6 Å². The molecule has 1 aromatic carbocycles. The van der Waals surface area contributed by atoms with Crippen molar-refractivity contribution in [3.63, 3.8) is 0 Å². The zero-order valence-electron chi connectivity index (χ0n) is 10.8. The average molecular weight is 343 g/mol. The number of benzene rings is 1. The van der Waals surface area contributed by atoms with E-state index in [2.05, 4.69) is 26.2 Å². The summed E-state index contributed by atoms with van der Waals surface area (Å²) in [5, 5.41) is 3.08. The highest BCUT2D eigenvalue weighted by atomic mass is 79.9. The summed E-state index contributed by atoms with van der Waals surface area (Å²) in [5.74, 6) is -0.0875. The van der Waals surface area contributed by atoms with Gasteiger partial charge in [-0.1, -0.05) is 6.92 Å². The fourth-order valence-electron chi connectivity index (χ4n) is 1.61. The second kappa shape index (κ2) is 6.76. The van der Waals surface area contributed by atoms with Crippen molar-refractivity contribution in [2.45, 2.75) is 13.5 Å². The number of nitrogens with zero attached hydrogens (tertiary/aromatic N) is 1. The smallest absolute Gasteiger partial charge is 0.223 e. The molecule has 0 spiro atoms. The molecule has 1 heterocycles. The van der Waals surface area contributed by atoms with Crippen LogP contribution in [0.1, 0.15) is 12.5 Å². The average Bonchev–Trinajstić information content (AvgIpc) is 2.41. The van der Waals surface area contributed by atoms with E-state index in [9.17, 15) is 8.78 Å². The van der Waals surface area contributed by atoms with Crippen molar-refractivity contribution in [1.82, 2.24) is 10.3 Å². The summed E-state index contributed by atoms with van der Waals surface area (Å²) in [6.07, 6.45) is 1.09. The molecular formula is C14H13BrF2N2O. The molecule has 0 bridgehead atoms. The van der Waals surface area contributed by atoms with Gasteiger partial charge >= 0.3 is 0 Å². The molecule has 0 atom stereocenters. The Morgan fingerprint density at radius 3 is 2.75 bits per heavy atom. The lowest BCUT2D eigenvalue weighted by Gasteiger charge is -2.11. The second-order valence-corrected chi connectivity index (χ2v) is 4.93. The third-order valence-electron chi connectivity index (χ3n) is 2.56. The van der Waals surface area contributed by atoms with Crippen LogP contribution in [0.4, 0.5) is 8.78 Å². The minimum atomic E-state index is -0.427. The van der Waals surface area contributed by atoms with Gasteiger partial charge in [0.25, 0.3) is 0 Å². The van der Waals surface area contributed by atoms with Crippen LogP contribution in [0.15, 0.2) is 34.9 Å². The zero-order chi connectivity index (χ0) is 14.5. The molecule has 0 aliphatic carbocycles. The monoisotopic (exact) mass is 342 g/mol. The minimum Gasteiger partial charge on any atom is -0.438 e. The van der Waals surface area contributed by atoms with E-state index < -0.39 is 5.82 Å². The Balaban J connectivity index is 2.27. The molecule has 0 aliphatic rings. The van der Waals surface area contributed by atoms with Gasteiger partial charge in [-0.3, -0.25) is 0 Å². The van der Waals surface area contributed by atoms with Gasteiger partial charge in [-0.25, -0.2) is 13.8 Å². The molecular weight excluding hydrogens is 330 g/mol. The first-order chi connectivity index (χ1) is 9.60. The molecule has 0 amide bonds. The lowest BCUT2D eigenvalue weighted by molar-refractivity contribution is 0.445. The van der Waals surface area contributed by atoms with Crippen molar-refractivity contribution in [1.29, 1.82) is 0 Å². The van der Waals surface area contributed by atoms with Crippen molar-refractivity contribution in [2.24, 2.45) is 0 Å². The maximum absolute atomic E-state index is 13.2. The van der Waals surface area contributed by atoms with E-state index in [0.29, 0.717) is 28.2 Å². The Morgan fingerprint density at radius 2 is 2.05 bits per heavy atom. The maximum atomic E-state index is 13.2. The second-order valence-electron chi connectivity index (χ2n) is 4.07. The van der Waals surface area contributed by atoms with E-state index in [1.807, 2.05) is 6.92 Å². The van der Waals surface area contributed by atoms with Crippen LogP contribution in [0.5, 0.6) is 11.6 Å². The molecule has 1 N–H and O–H groups in total. The molecule has 1 aromatic heterocycles. The number of hydrogen-bond acceptors (Lipinski definition) is 3. The molecule has 0 saturated carbocycles. The summed E-state index contributed by atoms with van der Waals surface area (Å²) in [5.41, 5.74) is 0.600. The lowest BCUT2D eigenvalue weighted by atomic mass is 10.2. The van der Waals surface area contributed by atoms with Crippen molar-refractivity contribution < 1.29 is 13.5 Å². The van der Waals surface area contributed by atoms with Gasteiger partial charge in [0.05, 0.1) is 10.7 Å². The molecule has 0 aliphatic heterocycles. The van der Waals surface area contributed by atoms with E-state index in [-0.39, 0.29) is 5.82 Å². The molecule has 106 valence electrons. The quantitative estimate of drug-likeness (QED) is 0.890. The van der Waals surface area contributed by atoms with Crippen LogP contribution in [-0.2, 0) is 6.54 Å². The number of hydrogen-bond donors (Lipinski definition) is 1. The third kappa shape index (κ3) is 3.74. The van der Waals surface area contributed by atoms with Gasteiger partial charge in [-0.2, -0.15) is 0 Å². The first-order valence-electron chi connectivity index (χ1n) is 6.08.